The van der Waals surface area contributed by atoms with Crippen molar-refractivity contribution < 1.29 is 33.8 Å². The summed E-state index contributed by atoms with van der Waals surface area (Å²) >= 11 is 0. The average molecular weight is 459 g/mol. The predicted octanol–water partition coefficient (Wildman–Crippen LogP) is 1.85. The number of esters is 2. The van der Waals surface area contributed by atoms with Crippen LogP contribution in [0.3, 0.4) is 0 Å². The summed E-state index contributed by atoms with van der Waals surface area (Å²) in [4.78, 5) is 51.0. The number of amides is 2. The van der Waals surface area contributed by atoms with E-state index in [0.717, 1.165) is 0 Å². The van der Waals surface area contributed by atoms with E-state index >= 15 is 0 Å². The number of benzene rings is 1. The van der Waals surface area contributed by atoms with Gasteiger partial charge in [-0.25, -0.2) is 4.79 Å². The van der Waals surface area contributed by atoms with Gasteiger partial charge in [0.05, 0.1) is 23.5 Å². The van der Waals surface area contributed by atoms with Gasteiger partial charge in [0.1, 0.15) is 5.70 Å². The molecular weight excluding hydrogens is 428 g/mol. The molecule has 2 aliphatic heterocycles. The summed E-state index contributed by atoms with van der Waals surface area (Å²) in [5, 5.41) is 12.7. The van der Waals surface area contributed by atoms with E-state index in [1.165, 1.54) is 4.90 Å². The fourth-order valence-electron chi connectivity index (χ4n) is 4.02. The third-order valence-electron chi connectivity index (χ3n) is 5.75. The van der Waals surface area contributed by atoms with Gasteiger partial charge in [0.15, 0.2) is 0 Å². The fraction of sp³-hybridized carbons (Fsp3) is 0.500. The Balaban J connectivity index is 1.86. The monoisotopic (exact) mass is 458 g/mol. The highest BCUT2D eigenvalue weighted by atomic mass is 16.7. The van der Waals surface area contributed by atoms with Crippen molar-refractivity contribution in [2.75, 3.05) is 13.3 Å². The van der Waals surface area contributed by atoms with Crippen molar-refractivity contribution >= 4 is 29.3 Å². The topological polar surface area (TPSA) is 122 Å². The van der Waals surface area contributed by atoms with Crippen LogP contribution >= 0.6 is 0 Å². The van der Waals surface area contributed by atoms with E-state index in [0.29, 0.717) is 29.7 Å². The van der Waals surface area contributed by atoms with Crippen LogP contribution in [-0.2, 0) is 23.9 Å². The summed E-state index contributed by atoms with van der Waals surface area (Å²) in [5.41, 5.74) is 1.02. The third-order valence-corrected chi connectivity index (χ3v) is 5.75. The second-order valence-corrected chi connectivity index (χ2v) is 9.24. The van der Waals surface area contributed by atoms with Gasteiger partial charge in [-0.05, 0) is 64.3 Å². The molecule has 9 nitrogen and oxygen atoms in total. The number of rotatable bonds is 7. The molecule has 1 aromatic carbocycles. The maximum Gasteiger partial charge on any atom is 0.358 e. The largest absolute Gasteiger partial charge is 0.427 e. The molecule has 2 N–H and O–H groups in total. The van der Waals surface area contributed by atoms with E-state index in [9.17, 15) is 24.3 Å². The second kappa shape index (κ2) is 9.35. The van der Waals surface area contributed by atoms with Crippen LogP contribution in [-0.4, -0.2) is 59.2 Å². The van der Waals surface area contributed by atoms with Crippen LogP contribution in [0.1, 0.15) is 57.0 Å². The van der Waals surface area contributed by atoms with Crippen LogP contribution < -0.4 is 5.32 Å². The molecular formula is C24H30N2O7. The van der Waals surface area contributed by atoms with Crippen LogP contribution in [0.25, 0.3) is 5.57 Å². The molecule has 3 rings (SSSR count). The minimum Gasteiger partial charge on any atom is -0.427 e. The van der Waals surface area contributed by atoms with Gasteiger partial charge < -0.3 is 24.8 Å². The Morgan fingerprint density at radius 1 is 1.18 bits per heavy atom. The number of ether oxygens (including phenoxy) is 2. The highest BCUT2D eigenvalue weighted by Crippen LogP contribution is 2.47. The normalized spacial score (nSPS) is 20.7. The molecule has 0 saturated carbocycles. The van der Waals surface area contributed by atoms with Crippen molar-refractivity contribution in [1.29, 1.82) is 0 Å². The first kappa shape index (κ1) is 24.4. The van der Waals surface area contributed by atoms with Crippen LogP contribution in [0.15, 0.2) is 30.0 Å². The second-order valence-electron chi connectivity index (χ2n) is 9.24. The minimum absolute atomic E-state index is 0.0690. The van der Waals surface area contributed by atoms with E-state index in [1.807, 2.05) is 6.92 Å². The summed E-state index contributed by atoms with van der Waals surface area (Å²) in [6.45, 7) is 8.33. The number of hydrogen-bond donors (Lipinski definition) is 2. The van der Waals surface area contributed by atoms with Gasteiger partial charge in [0.25, 0.3) is 5.91 Å². The van der Waals surface area contributed by atoms with Crippen LogP contribution in [0.5, 0.6) is 0 Å². The first-order valence-corrected chi connectivity index (χ1v) is 10.9. The lowest BCUT2D eigenvalue weighted by molar-refractivity contribution is -0.175. The first-order chi connectivity index (χ1) is 15.5. The Bertz CT molecular complexity index is 989. The molecule has 2 aliphatic rings. The molecule has 2 amide bonds. The number of carbonyl (C=O) groups is 4. The first-order valence-electron chi connectivity index (χ1n) is 10.9. The Kier molecular flexibility index (Phi) is 6.92. The zero-order valence-corrected chi connectivity index (χ0v) is 19.5. The molecule has 3 atom stereocenters. The highest BCUT2D eigenvalue weighted by molar-refractivity contribution is 6.07. The smallest absolute Gasteiger partial charge is 0.358 e. The van der Waals surface area contributed by atoms with Crippen LogP contribution in [0.4, 0.5) is 0 Å². The number of hydrogen-bond acceptors (Lipinski definition) is 7. The van der Waals surface area contributed by atoms with E-state index in [4.69, 9.17) is 9.47 Å². The summed E-state index contributed by atoms with van der Waals surface area (Å²) in [6.07, 6.45) is -0.503. The molecule has 9 heteroatoms. The SMILES string of the molecule is CCNC(=O)c1ccc(C2=C(C(=O)OCOC(=O)C(C)(C)C)N3C(=O)C(C(C)O)C3C2)cc1. The summed E-state index contributed by atoms with van der Waals surface area (Å²) in [5.74, 6) is -2.50. The van der Waals surface area contributed by atoms with Gasteiger partial charge in [-0.2, -0.15) is 0 Å². The molecule has 0 bridgehead atoms. The van der Waals surface area contributed by atoms with E-state index in [2.05, 4.69) is 5.32 Å². The maximum absolute atomic E-state index is 12.9. The van der Waals surface area contributed by atoms with E-state index in [1.54, 1.807) is 52.0 Å². The van der Waals surface area contributed by atoms with E-state index in [-0.39, 0.29) is 23.6 Å². The van der Waals surface area contributed by atoms with Gasteiger partial charge in [-0.1, -0.05) is 12.1 Å². The van der Waals surface area contributed by atoms with Crippen molar-refractivity contribution in [3.8, 4) is 0 Å². The number of fused-ring (bicyclic) bond motifs is 1. The molecule has 33 heavy (non-hydrogen) atoms. The van der Waals surface area contributed by atoms with Gasteiger partial charge >= 0.3 is 11.9 Å². The number of aliphatic hydroxyl groups is 1. The molecule has 0 spiro atoms. The van der Waals surface area contributed by atoms with Crippen molar-refractivity contribution in [1.82, 2.24) is 10.2 Å². The molecule has 2 heterocycles. The molecule has 178 valence electrons. The number of nitrogens with one attached hydrogen (secondary N) is 1. The van der Waals surface area contributed by atoms with Crippen LogP contribution in [0.2, 0.25) is 0 Å². The van der Waals surface area contributed by atoms with Gasteiger partial charge in [0, 0.05) is 12.1 Å². The molecule has 1 aromatic rings. The summed E-state index contributed by atoms with van der Waals surface area (Å²) in [6, 6.07) is 6.34. The molecule has 1 saturated heterocycles. The highest BCUT2D eigenvalue weighted by Gasteiger charge is 2.57. The molecule has 0 aliphatic carbocycles. The van der Waals surface area contributed by atoms with Gasteiger partial charge in [-0.15, -0.1) is 0 Å². The number of aliphatic hydroxyl groups excluding tert-OH is 1. The van der Waals surface area contributed by atoms with Crippen molar-refractivity contribution in [3.05, 3.63) is 41.1 Å². The predicted molar refractivity (Wildman–Crippen MR) is 118 cm³/mol. The minimum atomic E-state index is -0.858. The quantitative estimate of drug-likeness (QED) is 0.363. The lowest BCUT2D eigenvalue weighted by Crippen LogP contribution is -2.61. The zero-order chi connectivity index (χ0) is 24.5. The van der Waals surface area contributed by atoms with Crippen molar-refractivity contribution in [2.24, 2.45) is 11.3 Å². The van der Waals surface area contributed by atoms with E-state index < -0.39 is 36.2 Å². The number of β-lactam (4-membered cyclic amide) rings is 1. The molecule has 3 unspecified atom stereocenters. The van der Waals surface area contributed by atoms with Crippen molar-refractivity contribution in [3.63, 3.8) is 0 Å². The fourth-order valence-corrected chi connectivity index (χ4v) is 4.02. The molecule has 1 fully saturated rings. The number of nitrogens with zero attached hydrogens (tertiary/aromatic N) is 1. The lowest BCUT2D eigenvalue weighted by atomic mass is 9.82. The van der Waals surface area contributed by atoms with Gasteiger partial charge in [-0.3, -0.25) is 14.4 Å². The Labute approximate surface area is 192 Å². The third kappa shape index (κ3) is 4.78. The Morgan fingerprint density at radius 2 is 1.82 bits per heavy atom. The van der Waals surface area contributed by atoms with Gasteiger partial charge in [0.2, 0.25) is 12.7 Å². The van der Waals surface area contributed by atoms with Crippen molar-refractivity contribution in [2.45, 2.75) is 53.2 Å². The standard InChI is InChI=1S/C24H30N2O7/c1-6-25-20(28)15-9-7-14(8-10-15)16-11-17-18(13(2)27)21(29)26(17)19(16)22(30)32-12-33-23(31)24(3,4)5/h7-10,13,17-18,27H,6,11-12H2,1-5H3,(H,25,28). The number of carbonyl (C=O) groups excluding carboxylic acids is 4. The zero-order valence-electron chi connectivity index (χ0n) is 19.5. The molecule has 0 radical (unpaired) electrons. The average Bonchev–Trinajstić information content (AvgIpc) is 3.08. The summed E-state index contributed by atoms with van der Waals surface area (Å²) in [7, 11) is 0. The lowest BCUT2D eigenvalue weighted by Gasteiger charge is -2.44. The Morgan fingerprint density at radius 3 is 2.36 bits per heavy atom. The Hall–Kier alpha value is -3.20. The summed E-state index contributed by atoms with van der Waals surface area (Å²) < 4.78 is 10.2. The van der Waals surface area contributed by atoms with Crippen LogP contribution in [0, 0.1) is 11.3 Å². The molecule has 0 aromatic heterocycles. The maximum atomic E-state index is 12.9.